The van der Waals surface area contributed by atoms with Crippen molar-refractivity contribution >= 4 is 5.69 Å². The van der Waals surface area contributed by atoms with Gasteiger partial charge in [-0.25, -0.2) is 0 Å². The maximum absolute atomic E-state index is 9.41. The number of hydrogen-bond acceptors (Lipinski definition) is 3. The van der Waals surface area contributed by atoms with E-state index in [0.29, 0.717) is 6.04 Å². The first kappa shape index (κ1) is 14.9. The Morgan fingerprint density at radius 2 is 2.05 bits per heavy atom. The summed E-state index contributed by atoms with van der Waals surface area (Å²) in [5.41, 5.74) is 3.10. The van der Waals surface area contributed by atoms with E-state index in [2.05, 4.69) is 49.2 Å². The van der Waals surface area contributed by atoms with Gasteiger partial charge in [0.1, 0.15) is 6.07 Å². The van der Waals surface area contributed by atoms with Crippen molar-refractivity contribution < 1.29 is 0 Å². The second-order valence-corrected chi connectivity index (χ2v) is 6.17. The molecule has 1 saturated heterocycles. The van der Waals surface area contributed by atoms with Crippen LogP contribution in [0.15, 0.2) is 18.2 Å². The van der Waals surface area contributed by atoms with E-state index in [1.165, 1.54) is 18.4 Å². The SMILES string of the molecule is CC1CCN(c2ccc(CNC(C)C)cc2C#N)CC1. The number of piperidine rings is 1. The Balaban J connectivity index is 2.12. The maximum atomic E-state index is 9.41. The lowest BCUT2D eigenvalue weighted by Gasteiger charge is -2.32. The zero-order chi connectivity index (χ0) is 14.5. The number of nitriles is 1. The van der Waals surface area contributed by atoms with Crippen molar-refractivity contribution in [3.63, 3.8) is 0 Å². The van der Waals surface area contributed by atoms with Crippen molar-refractivity contribution in [1.82, 2.24) is 5.32 Å². The predicted molar refractivity (Wildman–Crippen MR) is 83.7 cm³/mol. The Kier molecular flexibility index (Phi) is 5.03. The molecule has 1 aromatic rings. The van der Waals surface area contributed by atoms with Crippen LogP contribution in [-0.2, 0) is 6.54 Å². The minimum Gasteiger partial charge on any atom is -0.370 e. The van der Waals surface area contributed by atoms with Gasteiger partial charge in [-0.15, -0.1) is 0 Å². The zero-order valence-corrected chi connectivity index (χ0v) is 12.8. The van der Waals surface area contributed by atoms with Crippen LogP contribution < -0.4 is 10.2 Å². The average Bonchev–Trinajstić information content (AvgIpc) is 2.45. The molecule has 0 unspecified atom stereocenters. The van der Waals surface area contributed by atoms with E-state index < -0.39 is 0 Å². The molecular weight excluding hydrogens is 246 g/mol. The van der Waals surface area contributed by atoms with Crippen molar-refractivity contribution in [2.24, 2.45) is 5.92 Å². The quantitative estimate of drug-likeness (QED) is 0.913. The molecule has 1 aliphatic rings. The Labute approximate surface area is 122 Å². The Hall–Kier alpha value is -1.53. The number of hydrogen-bond donors (Lipinski definition) is 1. The third kappa shape index (κ3) is 3.74. The number of benzene rings is 1. The lowest BCUT2D eigenvalue weighted by atomic mass is 9.97. The second-order valence-electron chi connectivity index (χ2n) is 6.17. The van der Waals surface area contributed by atoms with Crippen molar-refractivity contribution in [1.29, 1.82) is 5.26 Å². The van der Waals surface area contributed by atoms with Crippen LogP contribution in [0.2, 0.25) is 0 Å². The monoisotopic (exact) mass is 271 g/mol. The highest BCUT2D eigenvalue weighted by Gasteiger charge is 2.18. The molecule has 2 rings (SSSR count). The summed E-state index contributed by atoms with van der Waals surface area (Å²) in [6.45, 7) is 9.54. The molecule has 0 radical (unpaired) electrons. The lowest BCUT2D eigenvalue weighted by Crippen LogP contribution is -2.33. The molecule has 0 amide bonds. The standard InChI is InChI=1S/C17H25N3/c1-13(2)19-12-15-4-5-17(16(10-15)11-18)20-8-6-14(3)7-9-20/h4-5,10,13-14,19H,6-9,12H2,1-3H3. The van der Waals surface area contributed by atoms with Crippen molar-refractivity contribution in [2.75, 3.05) is 18.0 Å². The molecule has 3 nitrogen and oxygen atoms in total. The third-order valence-electron chi connectivity index (χ3n) is 4.02. The summed E-state index contributed by atoms with van der Waals surface area (Å²) in [6.07, 6.45) is 2.45. The van der Waals surface area contributed by atoms with Crippen LogP contribution in [-0.4, -0.2) is 19.1 Å². The smallest absolute Gasteiger partial charge is 0.101 e. The van der Waals surface area contributed by atoms with E-state index in [9.17, 15) is 5.26 Å². The maximum Gasteiger partial charge on any atom is 0.101 e. The van der Waals surface area contributed by atoms with E-state index in [-0.39, 0.29) is 0 Å². The molecule has 0 aromatic heterocycles. The van der Waals surface area contributed by atoms with E-state index in [1.54, 1.807) is 0 Å². The van der Waals surface area contributed by atoms with Crippen LogP contribution >= 0.6 is 0 Å². The van der Waals surface area contributed by atoms with Gasteiger partial charge in [-0.3, -0.25) is 0 Å². The highest BCUT2D eigenvalue weighted by molar-refractivity contribution is 5.60. The topological polar surface area (TPSA) is 39.1 Å². The summed E-state index contributed by atoms with van der Waals surface area (Å²) < 4.78 is 0. The van der Waals surface area contributed by atoms with E-state index in [4.69, 9.17) is 0 Å². The van der Waals surface area contributed by atoms with Crippen molar-refractivity contribution in [3.8, 4) is 6.07 Å². The Bertz CT molecular complexity index is 479. The van der Waals surface area contributed by atoms with Gasteiger partial charge >= 0.3 is 0 Å². The van der Waals surface area contributed by atoms with Crippen LogP contribution in [0.3, 0.4) is 0 Å². The summed E-state index contributed by atoms with van der Waals surface area (Å²) in [4.78, 5) is 2.36. The van der Waals surface area contributed by atoms with Gasteiger partial charge in [0, 0.05) is 25.7 Å². The summed E-state index contributed by atoms with van der Waals surface area (Å²) in [6, 6.07) is 9.11. The summed E-state index contributed by atoms with van der Waals surface area (Å²) in [5.74, 6) is 0.811. The number of anilines is 1. The summed E-state index contributed by atoms with van der Waals surface area (Å²) in [7, 11) is 0. The fourth-order valence-electron chi connectivity index (χ4n) is 2.63. The van der Waals surface area contributed by atoms with Crippen LogP contribution in [0.5, 0.6) is 0 Å². The molecule has 1 heterocycles. The van der Waals surface area contributed by atoms with Crippen molar-refractivity contribution in [2.45, 2.75) is 46.2 Å². The molecule has 20 heavy (non-hydrogen) atoms. The van der Waals surface area contributed by atoms with Gasteiger partial charge in [0.25, 0.3) is 0 Å². The van der Waals surface area contributed by atoms with Gasteiger partial charge in [-0.05, 0) is 36.5 Å². The molecule has 0 aliphatic carbocycles. The second kappa shape index (κ2) is 6.76. The molecule has 1 fully saturated rings. The van der Waals surface area contributed by atoms with Crippen LogP contribution in [0.1, 0.15) is 44.7 Å². The number of nitrogens with zero attached hydrogens (tertiary/aromatic N) is 2. The number of rotatable bonds is 4. The fraction of sp³-hybridized carbons (Fsp3) is 0.588. The molecule has 0 spiro atoms. The first-order valence-electron chi connectivity index (χ1n) is 7.61. The summed E-state index contributed by atoms with van der Waals surface area (Å²) >= 11 is 0. The average molecular weight is 271 g/mol. The largest absolute Gasteiger partial charge is 0.370 e. The zero-order valence-electron chi connectivity index (χ0n) is 12.8. The number of nitrogens with one attached hydrogen (secondary N) is 1. The first-order valence-corrected chi connectivity index (χ1v) is 7.61. The van der Waals surface area contributed by atoms with E-state index in [0.717, 1.165) is 36.8 Å². The molecule has 0 atom stereocenters. The molecule has 0 bridgehead atoms. The Morgan fingerprint density at radius 1 is 1.35 bits per heavy atom. The van der Waals surface area contributed by atoms with E-state index >= 15 is 0 Å². The molecular formula is C17H25N3. The Morgan fingerprint density at radius 3 is 2.65 bits per heavy atom. The molecule has 3 heteroatoms. The van der Waals surface area contributed by atoms with Crippen LogP contribution in [0, 0.1) is 17.2 Å². The van der Waals surface area contributed by atoms with Gasteiger partial charge < -0.3 is 10.2 Å². The van der Waals surface area contributed by atoms with Crippen LogP contribution in [0.4, 0.5) is 5.69 Å². The van der Waals surface area contributed by atoms with Crippen molar-refractivity contribution in [3.05, 3.63) is 29.3 Å². The summed E-state index contributed by atoms with van der Waals surface area (Å²) in [5, 5.41) is 12.8. The highest BCUT2D eigenvalue weighted by Crippen LogP contribution is 2.26. The highest BCUT2D eigenvalue weighted by atomic mass is 15.1. The lowest BCUT2D eigenvalue weighted by molar-refractivity contribution is 0.438. The fourth-order valence-corrected chi connectivity index (χ4v) is 2.63. The van der Waals surface area contributed by atoms with Gasteiger partial charge in [0.05, 0.1) is 11.3 Å². The van der Waals surface area contributed by atoms with Gasteiger partial charge in [-0.1, -0.05) is 26.8 Å². The molecule has 1 N–H and O–H groups in total. The molecule has 108 valence electrons. The van der Waals surface area contributed by atoms with Crippen LogP contribution in [0.25, 0.3) is 0 Å². The minimum atomic E-state index is 0.462. The predicted octanol–water partition coefficient (Wildman–Crippen LogP) is 3.29. The molecule has 1 aliphatic heterocycles. The molecule has 1 aromatic carbocycles. The minimum absolute atomic E-state index is 0.462. The van der Waals surface area contributed by atoms with Gasteiger partial charge in [0.2, 0.25) is 0 Å². The molecule has 0 saturated carbocycles. The van der Waals surface area contributed by atoms with Gasteiger partial charge in [0.15, 0.2) is 0 Å². The third-order valence-corrected chi connectivity index (χ3v) is 4.02. The van der Waals surface area contributed by atoms with Gasteiger partial charge in [-0.2, -0.15) is 5.26 Å². The first-order chi connectivity index (χ1) is 9.60. The van der Waals surface area contributed by atoms with E-state index in [1.807, 2.05) is 6.07 Å². The normalized spacial score (nSPS) is 16.4.